The van der Waals surface area contributed by atoms with Gasteiger partial charge in [0.05, 0.1) is 6.26 Å². The zero-order valence-electron chi connectivity index (χ0n) is 10.2. The van der Waals surface area contributed by atoms with Crippen molar-refractivity contribution < 1.29 is 4.42 Å². The average molecular weight is 250 g/mol. The van der Waals surface area contributed by atoms with Gasteiger partial charge in [-0.05, 0) is 42.4 Å². The summed E-state index contributed by atoms with van der Waals surface area (Å²) in [6, 6.07) is 4.43. The molecule has 2 heterocycles. The van der Waals surface area contributed by atoms with Crippen molar-refractivity contribution in [1.82, 2.24) is 4.90 Å². The smallest absolute Gasteiger partial charge is 0.105 e. The Morgan fingerprint density at radius 3 is 2.82 bits per heavy atom. The average Bonchev–Trinajstić information content (AvgIpc) is 2.93. The third kappa shape index (κ3) is 2.77. The number of likely N-dealkylation sites (N-methyl/N-ethyl adjacent to an activating group) is 1. The van der Waals surface area contributed by atoms with Crippen molar-refractivity contribution in [2.75, 3.05) is 13.6 Å². The number of thiophene rings is 1. The lowest BCUT2D eigenvalue weighted by Gasteiger charge is -2.26. The summed E-state index contributed by atoms with van der Waals surface area (Å²) in [6.45, 7) is 3.48. The summed E-state index contributed by atoms with van der Waals surface area (Å²) < 4.78 is 5.31. The van der Waals surface area contributed by atoms with Gasteiger partial charge in [0.15, 0.2) is 0 Å². The summed E-state index contributed by atoms with van der Waals surface area (Å²) in [5.41, 5.74) is 8.39. The van der Waals surface area contributed by atoms with Crippen LogP contribution in [0.25, 0.3) is 0 Å². The molecule has 2 aromatic rings. The molecule has 1 unspecified atom stereocenters. The molecule has 0 aromatic carbocycles. The van der Waals surface area contributed by atoms with E-state index >= 15 is 0 Å². The molecule has 0 saturated carbocycles. The molecule has 17 heavy (non-hydrogen) atoms. The minimum absolute atomic E-state index is 0.274. The van der Waals surface area contributed by atoms with Gasteiger partial charge in [0.2, 0.25) is 0 Å². The summed E-state index contributed by atoms with van der Waals surface area (Å²) in [6.07, 6.45) is 1.74. The number of furan rings is 1. The Kier molecular flexibility index (Phi) is 3.99. The molecule has 0 aliphatic rings. The minimum Gasteiger partial charge on any atom is -0.469 e. The first-order valence-corrected chi connectivity index (χ1v) is 6.62. The van der Waals surface area contributed by atoms with E-state index < -0.39 is 0 Å². The molecule has 0 bridgehead atoms. The van der Waals surface area contributed by atoms with Gasteiger partial charge in [0, 0.05) is 24.7 Å². The van der Waals surface area contributed by atoms with E-state index in [2.05, 4.69) is 28.8 Å². The lowest BCUT2D eigenvalue weighted by Crippen LogP contribution is -2.29. The molecule has 92 valence electrons. The van der Waals surface area contributed by atoms with Crippen LogP contribution in [0.15, 0.2) is 33.6 Å². The SMILES string of the molecule is Cc1occc1CN(C)C(CN)c1ccsc1. The van der Waals surface area contributed by atoms with Crippen molar-refractivity contribution >= 4 is 11.3 Å². The molecule has 2 aromatic heterocycles. The van der Waals surface area contributed by atoms with Gasteiger partial charge in [0.1, 0.15) is 5.76 Å². The number of rotatable bonds is 5. The van der Waals surface area contributed by atoms with E-state index in [1.54, 1.807) is 17.6 Å². The highest BCUT2D eigenvalue weighted by Gasteiger charge is 2.17. The van der Waals surface area contributed by atoms with Crippen molar-refractivity contribution in [2.45, 2.75) is 19.5 Å². The first-order chi connectivity index (χ1) is 8.22. The van der Waals surface area contributed by atoms with Crippen LogP contribution in [0.3, 0.4) is 0 Å². The molecular weight excluding hydrogens is 232 g/mol. The van der Waals surface area contributed by atoms with Gasteiger partial charge in [-0.3, -0.25) is 4.90 Å². The lowest BCUT2D eigenvalue weighted by atomic mass is 10.1. The van der Waals surface area contributed by atoms with Crippen molar-refractivity contribution in [1.29, 1.82) is 0 Å². The minimum atomic E-state index is 0.274. The van der Waals surface area contributed by atoms with Gasteiger partial charge in [0.25, 0.3) is 0 Å². The fraction of sp³-hybridized carbons (Fsp3) is 0.385. The maximum atomic E-state index is 5.87. The first kappa shape index (κ1) is 12.4. The van der Waals surface area contributed by atoms with Crippen LogP contribution in [0.4, 0.5) is 0 Å². The third-order valence-electron chi connectivity index (χ3n) is 3.07. The fourth-order valence-electron chi connectivity index (χ4n) is 1.99. The second-order valence-electron chi connectivity index (χ2n) is 4.23. The normalized spacial score (nSPS) is 13.2. The molecule has 2 rings (SSSR count). The molecule has 3 nitrogen and oxygen atoms in total. The quantitative estimate of drug-likeness (QED) is 0.887. The summed E-state index contributed by atoms with van der Waals surface area (Å²) in [5.74, 6) is 0.984. The number of nitrogens with two attached hydrogens (primary N) is 1. The standard InChI is InChI=1S/C13H18N2OS/c1-10-11(3-5-16-10)8-15(2)13(7-14)12-4-6-17-9-12/h3-6,9,13H,7-8,14H2,1-2H3. The Morgan fingerprint density at radius 1 is 1.47 bits per heavy atom. The van der Waals surface area contributed by atoms with E-state index in [4.69, 9.17) is 10.2 Å². The molecule has 1 atom stereocenters. The Hall–Kier alpha value is -1.10. The molecule has 0 amide bonds. The lowest BCUT2D eigenvalue weighted by molar-refractivity contribution is 0.241. The molecule has 0 aliphatic carbocycles. The van der Waals surface area contributed by atoms with E-state index in [9.17, 15) is 0 Å². The van der Waals surface area contributed by atoms with Gasteiger partial charge < -0.3 is 10.2 Å². The van der Waals surface area contributed by atoms with Gasteiger partial charge in [-0.2, -0.15) is 11.3 Å². The number of nitrogens with zero attached hydrogens (tertiary/aromatic N) is 1. The predicted octanol–water partition coefficient (Wildman–Crippen LogP) is 2.78. The number of aryl methyl sites for hydroxylation is 1. The topological polar surface area (TPSA) is 42.4 Å². The molecule has 2 N–H and O–H groups in total. The Labute approximate surface area is 106 Å². The molecule has 0 aliphatic heterocycles. The molecular formula is C13H18N2OS. The zero-order chi connectivity index (χ0) is 12.3. The van der Waals surface area contributed by atoms with Crippen LogP contribution >= 0.6 is 11.3 Å². The number of hydrogen-bond acceptors (Lipinski definition) is 4. The summed E-state index contributed by atoms with van der Waals surface area (Å²) in [7, 11) is 2.10. The summed E-state index contributed by atoms with van der Waals surface area (Å²) in [4.78, 5) is 2.26. The van der Waals surface area contributed by atoms with E-state index in [1.165, 1.54) is 11.1 Å². The van der Waals surface area contributed by atoms with Crippen LogP contribution in [0.1, 0.15) is 22.9 Å². The number of hydrogen-bond donors (Lipinski definition) is 1. The highest BCUT2D eigenvalue weighted by Crippen LogP contribution is 2.23. The van der Waals surface area contributed by atoms with E-state index in [0.29, 0.717) is 6.54 Å². The van der Waals surface area contributed by atoms with Crippen LogP contribution in [0.5, 0.6) is 0 Å². The fourth-order valence-corrected chi connectivity index (χ4v) is 2.70. The monoisotopic (exact) mass is 250 g/mol. The maximum Gasteiger partial charge on any atom is 0.105 e. The highest BCUT2D eigenvalue weighted by molar-refractivity contribution is 7.07. The Bertz CT molecular complexity index is 450. The van der Waals surface area contributed by atoms with Crippen LogP contribution in [-0.2, 0) is 6.54 Å². The van der Waals surface area contributed by atoms with Gasteiger partial charge >= 0.3 is 0 Å². The molecule has 0 radical (unpaired) electrons. The van der Waals surface area contributed by atoms with Crippen molar-refractivity contribution in [2.24, 2.45) is 5.73 Å². The molecule has 0 spiro atoms. The largest absolute Gasteiger partial charge is 0.469 e. The highest BCUT2D eigenvalue weighted by atomic mass is 32.1. The molecule has 4 heteroatoms. The van der Waals surface area contributed by atoms with E-state index in [1.807, 2.05) is 13.0 Å². The van der Waals surface area contributed by atoms with Crippen LogP contribution in [0.2, 0.25) is 0 Å². The third-order valence-corrected chi connectivity index (χ3v) is 3.77. The Balaban J connectivity index is 2.08. The second kappa shape index (κ2) is 5.49. The van der Waals surface area contributed by atoms with Crippen molar-refractivity contribution in [3.8, 4) is 0 Å². The van der Waals surface area contributed by atoms with E-state index in [-0.39, 0.29) is 6.04 Å². The first-order valence-electron chi connectivity index (χ1n) is 5.67. The molecule has 0 saturated heterocycles. The molecule has 0 fully saturated rings. The van der Waals surface area contributed by atoms with Crippen LogP contribution in [0, 0.1) is 6.92 Å². The van der Waals surface area contributed by atoms with E-state index in [0.717, 1.165) is 12.3 Å². The predicted molar refractivity (Wildman–Crippen MR) is 71.0 cm³/mol. The van der Waals surface area contributed by atoms with Crippen molar-refractivity contribution in [3.05, 3.63) is 46.0 Å². The zero-order valence-corrected chi connectivity index (χ0v) is 11.0. The van der Waals surface area contributed by atoms with Crippen LogP contribution in [-0.4, -0.2) is 18.5 Å². The second-order valence-corrected chi connectivity index (χ2v) is 5.01. The maximum absolute atomic E-state index is 5.87. The van der Waals surface area contributed by atoms with Gasteiger partial charge in [-0.15, -0.1) is 0 Å². The van der Waals surface area contributed by atoms with Gasteiger partial charge in [-0.25, -0.2) is 0 Å². The summed E-state index contributed by atoms with van der Waals surface area (Å²) >= 11 is 1.71. The Morgan fingerprint density at radius 2 is 2.29 bits per heavy atom. The van der Waals surface area contributed by atoms with Crippen molar-refractivity contribution in [3.63, 3.8) is 0 Å². The van der Waals surface area contributed by atoms with Crippen LogP contribution < -0.4 is 5.73 Å². The summed E-state index contributed by atoms with van der Waals surface area (Å²) in [5, 5.41) is 4.26. The van der Waals surface area contributed by atoms with Gasteiger partial charge in [-0.1, -0.05) is 0 Å².